The summed E-state index contributed by atoms with van der Waals surface area (Å²) in [5, 5.41) is 11.9. The van der Waals surface area contributed by atoms with E-state index in [1.165, 1.54) is 16.0 Å². The average Bonchev–Trinajstić information content (AvgIpc) is 2.14. The summed E-state index contributed by atoms with van der Waals surface area (Å²) in [6.45, 7) is 0. The molecule has 0 saturated carbocycles. The molecule has 0 fully saturated rings. The number of aliphatic hydroxyl groups excluding tert-OH is 1. The van der Waals surface area contributed by atoms with E-state index in [4.69, 9.17) is 0 Å². The van der Waals surface area contributed by atoms with E-state index in [1.807, 2.05) is 21.2 Å². The molecular formula is C8H11IO3S. The van der Waals surface area contributed by atoms with Gasteiger partial charge in [0.25, 0.3) is 0 Å². The van der Waals surface area contributed by atoms with Crippen molar-refractivity contribution in [1.29, 1.82) is 0 Å². The first-order valence-electron chi connectivity index (χ1n) is 3.73. The number of carbonyl (C=O) groups excluding carboxylic acids is 1. The van der Waals surface area contributed by atoms with Crippen LogP contribution in [0.5, 0.6) is 0 Å². The Bertz CT molecular complexity index is 209. The number of carbonyl (C=O) groups is 1. The third kappa shape index (κ3) is 8.40. The number of esters is 1. The van der Waals surface area contributed by atoms with Gasteiger partial charge in [0.05, 0.1) is 7.11 Å². The summed E-state index contributed by atoms with van der Waals surface area (Å²) in [6, 6.07) is 0. The first kappa shape index (κ1) is 13.1. The van der Waals surface area contributed by atoms with Crippen LogP contribution in [-0.4, -0.2) is 24.3 Å². The molecule has 0 aliphatic carbocycles. The Balaban J connectivity index is 3.47. The van der Waals surface area contributed by atoms with Crippen LogP contribution in [0.4, 0.5) is 0 Å². The van der Waals surface area contributed by atoms with Gasteiger partial charge in [0, 0.05) is 27.6 Å². The van der Waals surface area contributed by atoms with Gasteiger partial charge in [-0.2, -0.15) is 0 Å². The topological polar surface area (TPSA) is 46.5 Å². The van der Waals surface area contributed by atoms with Gasteiger partial charge in [0.15, 0.2) is 0 Å². The van der Waals surface area contributed by atoms with Crippen LogP contribution >= 0.6 is 30.1 Å². The second kappa shape index (κ2) is 8.66. The van der Waals surface area contributed by atoms with Crippen molar-refractivity contribution >= 4 is 36.1 Å². The van der Waals surface area contributed by atoms with Gasteiger partial charge < -0.3 is 9.84 Å². The molecule has 0 aromatic carbocycles. The van der Waals surface area contributed by atoms with E-state index in [0.717, 1.165) is 0 Å². The van der Waals surface area contributed by atoms with Gasteiger partial charge >= 0.3 is 5.97 Å². The zero-order chi connectivity index (χ0) is 10.1. The number of rotatable bonds is 4. The highest BCUT2D eigenvalue weighted by atomic mass is 127. The molecule has 0 aromatic heterocycles. The van der Waals surface area contributed by atoms with Gasteiger partial charge in [-0.05, 0) is 27.0 Å². The molecule has 0 heterocycles. The maximum Gasteiger partial charge on any atom is 0.305 e. The molecule has 0 spiro atoms. The van der Waals surface area contributed by atoms with E-state index >= 15 is 0 Å². The predicted molar refractivity (Wildman–Crippen MR) is 61.3 cm³/mol. The van der Waals surface area contributed by atoms with Crippen LogP contribution < -0.4 is 0 Å². The lowest BCUT2D eigenvalue weighted by Crippen LogP contribution is -2.05. The predicted octanol–water partition coefficient (Wildman–Crippen LogP) is 1.73. The van der Waals surface area contributed by atoms with Crippen molar-refractivity contribution in [3.05, 3.63) is 0 Å². The molecule has 1 unspecified atom stereocenters. The molecule has 0 saturated heterocycles. The fraction of sp³-hybridized carbons (Fsp3) is 0.625. The molecule has 0 radical (unpaired) electrons. The van der Waals surface area contributed by atoms with E-state index < -0.39 is 6.10 Å². The smallest absolute Gasteiger partial charge is 0.305 e. The quantitative estimate of drug-likeness (QED) is 0.488. The Hall–Kier alpha value is 0.0700. The van der Waals surface area contributed by atoms with Crippen molar-refractivity contribution < 1.29 is 14.6 Å². The minimum Gasteiger partial charge on any atom is -0.469 e. The number of halogens is 1. The van der Waals surface area contributed by atoms with Crippen molar-refractivity contribution in [1.82, 2.24) is 0 Å². The highest BCUT2D eigenvalue weighted by Gasteiger charge is 2.03. The highest BCUT2D eigenvalue weighted by Crippen LogP contribution is 2.08. The minimum absolute atomic E-state index is 0.247. The third-order valence-corrected chi connectivity index (χ3v) is 2.21. The summed E-state index contributed by atoms with van der Waals surface area (Å²) in [5.74, 6) is 2.39. The number of hydrogen-bond donors (Lipinski definition) is 1. The lowest BCUT2D eigenvalue weighted by Gasteiger charge is -2.01. The standard InChI is InChI=1S/C8H11IO3S/c1-12-8(11)4-2-3-7(10)5-6-13-9/h7,10H,2-4H2,1H3. The van der Waals surface area contributed by atoms with Crippen LogP contribution in [0.15, 0.2) is 0 Å². The average molecular weight is 314 g/mol. The molecule has 0 amide bonds. The summed E-state index contributed by atoms with van der Waals surface area (Å²) in [4.78, 5) is 10.7. The summed E-state index contributed by atoms with van der Waals surface area (Å²) in [7, 11) is 2.68. The normalized spacial score (nSPS) is 11.3. The summed E-state index contributed by atoms with van der Waals surface area (Å²) < 4.78 is 4.45. The first-order valence-corrected chi connectivity index (χ1v) is 7.09. The fourth-order valence-electron chi connectivity index (χ4n) is 0.704. The summed E-state index contributed by atoms with van der Waals surface area (Å²) >= 11 is 2.03. The molecule has 3 nitrogen and oxygen atoms in total. The van der Waals surface area contributed by atoms with Crippen molar-refractivity contribution in [3.8, 4) is 11.2 Å². The second-order valence-electron chi connectivity index (χ2n) is 2.31. The van der Waals surface area contributed by atoms with Gasteiger partial charge in [-0.3, -0.25) is 4.79 Å². The summed E-state index contributed by atoms with van der Waals surface area (Å²) in [6.07, 6.45) is 0.826. The lowest BCUT2D eigenvalue weighted by molar-refractivity contribution is -0.140. The first-order chi connectivity index (χ1) is 6.20. The molecule has 13 heavy (non-hydrogen) atoms. The van der Waals surface area contributed by atoms with Crippen LogP contribution in [0.1, 0.15) is 19.3 Å². The van der Waals surface area contributed by atoms with Crippen molar-refractivity contribution in [3.63, 3.8) is 0 Å². The molecule has 0 aliphatic rings. The minimum atomic E-state index is -0.632. The van der Waals surface area contributed by atoms with Crippen LogP contribution in [0.3, 0.4) is 0 Å². The Labute approximate surface area is 94.2 Å². The number of hydrogen-bond acceptors (Lipinski definition) is 4. The molecular weight excluding hydrogens is 303 g/mol. The van der Waals surface area contributed by atoms with Gasteiger partial charge in [0.2, 0.25) is 0 Å². The SMILES string of the molecule is COC(=O)CCCC(O)C#CSI. The zero-order valence-corrected chi connectivity index (χ0v) is 10.2. The maximum atomic E-state index is 10.7. The van der Waals surface area contributed by atoms with Gasteiger partial charge in [-0.1, -0.05) is 5.92 Å². The van der Waals surface area contributed by atoms with Crippen molar-refractivity contribution in [2.45, 2.75) is 25.4 Å². The number of methoxy groups -OCH3 is 1. The van der Waals surface area contributed by atoms with E-state index in [0.29, 0.717) is 19.3 Å². The molecule has 74 valence electrons. The Kier molecular flexibility index (Phi) is 8.71. The fourth-order valence-corrected chi connectivity index (χ4v) is 1.27. The molecule has 0 aliphatic heterocycles. The molecule has 0 rings (SSSR count). The van der Waals surface area contributed by atoms with Crippen molar-refractivity contribution in [2.75, 3.05) is 7.11 Å². The molecule has 1 atom stereocenters. The number of ether oxygens (including phenoxy) is 1. The summed E-state index contributed by atoms with van der Waals surface area (Å²) in [5.41, 5.74) is 0. The van der Waals surface area contributed by atoms with Crippen LogP contribution in [-0.2, 0) is 9.53 Å². The lowest BCUT2D eigenvalue weighted by atomic mass is 10.1. The molecule has 0 bridgehead atoms. The van der Waals surface area contributed by atoms with Gasteiger partial charge in [-0.15, -0.1) is 0 Å². The van der Waals surface area contributed by atoms with Crippen LogP contribution in [0, 0.1) is 11.2 Å². The molecule has 1 N–H and O–H groups in total. The van der Waals surface area contributed by atoms with Gasteiger partial charge in [-0.25, -0.2) is 0 Å². The molecule has 5 heteroatoms. The van der Waals surface area contributed by atoms with E-state index in [2.05, 4.69) is 15.9 Å². The van der Waals surface area contributed by atoms with E-state index in [-0.39, 0.29) is 5.97 Å². The highest BCUT2D eigenvalue weighted by molar-refractivity contribution is 14.2. The Morgan fingerprint density at radius 1 is 1.77 bits per heavy atom. The number of aliphatic hydroxyl groups is 1. The Morgan fingerprint density at radius 2 is 2.46 bits per heavy atom. The maximum absolute atomic E-state index is 10.7. The largest absolute Gasteiger partial charge is 0.469 e. The zero-order valence-electron chi connectivity index (χ0n) is 7.25. The second-order valence-corrected chi connectivity index (χ2v) is 3.99. The van der Waals surface area contributed by atoms with Gasteiger partial charge in [0.1, 0.15) is 6.10 Å². The van der Waals surface area contributed by atoms with Crippen LogP contribution in [0.25, 0.3) is 0 Å². The van der Waals surface area contributed by atoms with E-state index in [9.17, 15) is 9.90 Å². The monoisotopic (exact) mass is 314 g/mol. The molecule has 0 aromatic rings. The van der Waals surface area contributed by atoms with Crippen molar-refractivity contribution in [2.24, 2.45) is 0 Å². The van der Waals surface area contributed by atoms with E-state index in [1.54, 1.807) is 0 Å². The Morgan fingerprint density at radius 3 is 3.00 bits per heavy atom. The third-order valence-electron chi connectivity index (χ3n) is 1.35. The van der Waals surface area contributed by atoms with Crippen LogP contribution in [0.2, 0.25) is 0 Å².